The fourth-order valence-electron chi connectivity index (χ4n) is 4.39. The van der Waals surface area contributed by atoms with E-state index in [0.717, 1.165) is 24.9 Å². The van der Waals surface area contributed by atoms with Gasteiger partial charge < -0.3 is 14.7 Å². The van der Waals surface area contributed by atoms with Gasteiger partial charge in [-0.25, -0.2) is 4.79 Å². The molecule has 3 aliphatic rings. The molecule has 1 saturated carbocycles. The highest BCUT2D eigenvalue weighted by atomic mass is 35.5. The third kappa shape index (κ3) is 3.54. The Kier molecular flexibility index (Phi) is 4.53. The number of aromatic hydroxyl groups is 1. The number of likely N-dealkylation sites (tertiary alicyclic amines) is 1. The van der Waals surface area contributed by atoms with Gasteiger partial charge in [0.15, 0.2) is 0 Å². The van der Waals surface area contributed by atoms with Crippen LogP contribution in [0.1, 0.15) is 57.2 Å². The molecule has 0 bridgehead atoms. The second kappa shape index (κ2) is 6.55. The highest BCUT2D eigenvalue weighted by Crippen LogP contribution is 2.53. The molecule has 1 aromatic rings. The summed E-state index contributed by atoms with van der Waals surface area (Å²) in [6, 6.07) is 2.76. The molecule has 1 aromatic carbocycles. The van der Waals surface area contributed by atoms with Gasteiger partial charge in [-0.2, -0.15) is 0 Å². The number of rotatable bonds is 2. The van der Waals surface area contributed by atoms with Gasteiger partial charge in [0.25, 0.3) is 0 Å². The Morgan fingerprint density at radius 1 is 1.36 bits per heavy atom. The van der Waals surface area contributed by atoms with Crippen molar-refractivity contribution in [3.63, 3.8) is 0 Å². The second-order valence-electron chi connectivity index (χ2n) is 9.35. The van der Waals surface area contributed by atoms with Gasteiger partial charge in [0.05, 0.1) is 6.04 Å². The van der Waals surface area contributed by atoms with Crippen LogP contribution in [0.2, 0.25) is 5.02 Å². The minimum absolute atomic E-state index is 0.102. The molecule has 1 atom stereocenters. The molecule has 4 rings (SSSR count). The van der Waals surface area contributed by atoms with Crippen LogP contribution in [0.4, 0.5) is 4.79 Å². The summed E-state index contributed by atoms with van der Waals surface area (Å²) in [4.78, 5) is 29.0. The minimum Gasteiger partial charge on any atom is -0.508 e. The zero-order chi connectivity index (χ0) is 20.3. The summed E-state index contributed by atoms with van der Waals surface area (Å²) >= 11 is 6.39. The van der Waals surface area contributed by atoms with Crippen molar-refractivity contribution < 1.29 is 19.4 Å². The average Bonchev–Trinajstić information content (AvgIpc) is 3.27. The molecule has 2 aliphatic heterocycles. The summed E-state index contributed by atoms with van der Waals surface area (Å²) in [6.07, 6.45) is 2.86. The number of nitrogens with zero attached hydrogens (tertiary/aromatic N) is 2. The fourth-order valence-corrected chi connectivity index (χ4v) is 4.65. The summed E-state index contributed by atoms with van der Waals surface area (Å²) in [5.41, 5.74) is 0.995. The van der Waals surface area contributed by atoms with Crippen molar-refractivity contribution in [1.82, 2.24) is 9.80 Å². The highest BCUT2D eigenvalue weighted by Gasteiger charge is 2.52. The van der Waals surface area contributed by atoms with Gasteiger partial charge >= 0.3 is 6.09 Å². The normalized spacial score (nSPS) is 23.1. The standard InChI is InChI=1S/C21H27ClN2O4/c1-20(2,3)28-19(27)24-9-6-13-14(22)4-5-16(25)18(13)15(24)11-23-12-21(7-8-21)10-17(23)26/h4-5,15,25H,6-12H2,1-3H3/t15-/m1/s1. The topological polar surface area (TPSA) is 70.1 Å². The van der Waals surface area contributed by atoms with Crippen LogP contribution in [0.3, 0.4) is 0 Å². The molecule has 28 heavy (non-hydrogen) atoms. The van der Waals surface area contributed by atoms with Crippen molar-refractivity contribution in [2.45, 2.75) is 58.1 Å². The van der Waals surface area contributed by atoms with E-state index in [1.54, 1.807) is 17.0 Å². The monoisotopic (exact) mass is 406 g/mol. The van der Waals surface area contributed by atoms with Crippen molar-refractivity contribution >= 4 is 23.6 Å². The predicted octanol–water partition coefficient (Wildman–Crippen LogP) is 3.89. The molecule has 0 unspecified atom stereocenters. The van der Waals surface area contributed by atoms with Crippen molar-refractivity contribution in [2.24, 2.45) is 5.41 Å². The molecule has 1 aliphatic carbocycles. The Morgan fingerprint density at radius 3 is 2.68 bits per heavy atom. The Bertz CT molecular complexity index is 828. The smallest absolute Gasteiger partial charge is 0.410 e. The molecule has 7 heteroatoms. The minimum atomic E-state index is -0.625. The number of fused-ring (bicyclic) bond motifs is 1. The maximum absolute atomic E-state index is 12.9. The van der Waals surface area contributed by atoms with E-state index in [-0.39, 0.29) is 17.1 Å². The van der Waals surface area contributed by atoms with Crippen molar-refractivity contribution in [3.8, 4) is 5.75 Å². The van der Waals surface area contributed by atoms with E-state index in [1.165, 1.54) is 0 Å². The third-order valence-corrected chi connectivity index (χ3v) is 6.33. The predicted molar refractivity (Wildman–Crippen MR) is 105 cm³/mol. The van der Waals surface area contributed by atoms with E-state index >= 15 is 0 Å². The Hall–Kier alpha value is -1.95. The molecule has 2 heterocycles. The first-order valence-corrected chi connectivity index (χ1v) is 10.2. The van der Waals surface area contributed by atoms with Gasteiger partial charge in [0.2, 0.25) is 5.91 Å². The van der Waals surface area contributed by atoms with Gasteiger partial charge in [-0.1, -0.05) is 11.6 Å². The van der Waals surface area contributed by atoms with Gasteiger partial charge in [-0.05, 0) is 63.1 Å². The van der Waals surface area contributed by atoms with E-state index in [0.29, 0.717) is 36.5 Å². The van der Waals surface area contributed by atoms with Crippen LogP contribution in [-0.2, 0) is 16.0 Å². The average molecular weight is 407 g/mol. The van der Waals surface area contributed by atoms with Gasteiger partial charge in [0.1, 0.15) is 11.4 Å². The maximum atomic E-state index is 12.9. The lowest BCUT2D eigenvalue weighted by atomic mass is 9.91. The summed E-state index contributed by atoms with van der Waals surface area (Å²) in [5.74, 6) is 0.223. The van der Waals surface area contributed by atoms with Crippen LogP contribution in [0, 0.1) is 5.41 Å². The molecule has 152 valence electrons. The molecule has 1 saturated heterocycles. The molecular formula is C21H27ClN2O4. The van der Waals surface area contributed by atoms with Crippen molar-refractivity contribution in [2.75, 3.05) is 19.6 Å². The molecule has 6 nitrogen and oxygen atoms in total. The van der Waals surface area contributed by atoms with Crippen LogP contribution in [0.25, 0.3) is 0 Å². The number of benzene rings is 1. The summed E-state index contributed by atoms with van der Waals surface area (Å²) < 4.78 is 5.61. The van der Waals surface area contributed by atoms with E-state index in [2.05, 4.69) is 0 Å². The van der Waals surface area contributed by atoms with E-state index < -0.39 is 17.7 Å². The molecule has 0 radical (unpaired) electrons. The second-order valence-corrected chi connectivity index (χ2v) is 9.76. The number of phenolic OH excluding ortho intramolecular Hbond substituents is 1. The maximum Gasteiger partial charge on any atom is 0.410 e. The highest BCUT2D eigenvalue weighted by molar-refractivity contribution is 6.31. The van der Waals surface area contributed by atoms with Crippen molar-refractivity contribution in [3.05, 3.63) is 28.3 Å². The van der Waals surface area contributed by atoms with E-state index in [4.69, 9.17) is 16.3 Å². The first-order valence-electron chi connectivity index (χ1n) is 9.86. The van der Waals surface area contributed by atoms with Crippen LogP contribution in [0.5, 0.6) is 5.75 Å². The number of hydrogen-bond donors (Lipinski definition) is 1. The number of halogens is 1. The summed E-state index contributed by atoms with van der Waals surface area (Å²) in [5, 5.41) is 11.2. The molecule has 1 spiro atoms. The zero-order valence-corrected chi connectivity index (χ0v) is 17.4. The number of carbonyl (C=O) groups excluding carboxylic acids is 2. The van der Waals surface area contributed by atoms with E-state index in [1.807, 2.05) is 25.7 Å². The summed E-state index contributed by atoms with van der Waals surface area (Å²) in [6.45, 7) is 6.98. The SMILES string of the molecule is CC(C)(C)OC(=O)N1CCc2c(Cl)ccc(O)c2[C@H]1CN1CC2(CC2)CC1=O. The number of ether oxygens (including phenoxy) is 1. The van der Waals surface area contributed by atoms with Gasteiger partial charge in [-0.15, -0.1) is 0 Å². The molecular weight excluding hydrogens is 380 g/mol. The number of amides is 2. The lowest BCUT2D eigenvalue weighted by molar-refractivity contribution is -0.128. The fraction of sp³-hybridized carbons (Fsp3) is 0.619. The van der Waals surface area contributed by atoms with Crippen LogP contribution in [-0.4, -0.2) is 52.1 Å². The Morgan fingerprint density at radius 2 is 2.07 bits per heavy atom. The lowest BCUT2D eigenvalue weighted by Gasteiger charge is -2.40. The number of carbonyl (C=O) groups is 2. The lowest BCUT2D eigenvalue weighted by Crippen LogP contribution is -2.47. The Balaban J connectivity index is 1.67. The summed E-state index contributed by atoms with van der Waals surface area (Å²) in [7, 11) is 0. The molecule has 0 aromatic heterocycles. The first-order chi connectivity index (χ1) is 13.1. The van der Waals surface area contributed by atoms with E-state index in [9.17, 15) is 14.7 Å². The van der Waals surface area contributed by atoms with Gasteiger partial charge in [0, 0.05) is 36.6 Å². The van der Waals surface area contributed by atoms with Gasteiger partial charge in [-0.3, -0.25) is 9.69 Å². The number of phenols is 1. The quantitative estimate of drug-likeness (QED) is 0.808. The molecule has 2 fully saturated rings. The largest absolute Gasteiger partial charge is 0.508 e. The third-order valence-electron chi connectivity index (χ3n) is 5.97. The molecule has 2 amide bonds. The number of hydrogen-bond acceptors (Lipinski definition) is 4. The zero-order valence-electron chi connectivity index (χ0n) is 16.6. The van der Waals surface area contributed by atoms with Crippen LogP contribution in [0.15, 0.2) is 12.1 Å². The first kappa shape index (κ1) is 19.4. The van der Waals surface area contributed by atoms with Crippen molar-refractivity contribution in [1.29, 1.82) is 0 Å². The van der Waals surface area contributed by atoms with Crippen LogP contribution >= 0.6 is 11.6 Å². The van der Waals surface area contributed by atoms with Crippen LogP contribution < -0.4 is 0 Å². The Labute approximate surface area is 170 Å². The molecule has 1 N–H and O–H groups in total.